The van der Waals surface area contributed by atoms with E-state index in [0.717, 1.165) is 12.8 Å². The van der Waals surface area contributed by atoms with Crippen molar-refractivity contribution < 1.29 is 14.6 Å². The van der Waals surface area contributed by atoms with Crippen LogP contribution in [0.4, 0.5) is 0 Å². The maximum absolute atomic E-state index is 11.5. The van der Waals surface area contributed by atoms with Gasteiger partial charge in [-0.05, 0) is 19.8 Å². The molecular weight excluding hydrogens is 196 g/mol. The lowest BCUT2D eigenvalue weighted by Gasteiger charge is -2.34. The second kappa shape index (κ2) is 6.05. The van der Waals surface area contributed by atoms with Crippen molar-refractivity contribution in [1.82, 2.24) is 10.6 Å². The number of amides is 1. The summed E-state index contributed by atoms with van der Waals surface area (Å²) in [6, 6.07) is 0.0718. The predicted molar refractivity (Wildman–Crippen MR) is 56.5 cm³/mol. The van der Waals surface area contributed by atoms with Gasteiger partial charge in [0, 0.05) is 19.7 Å². The number of rotatable bonds is 6. The number of ether oxygens (including phenoxy) is 1. The Labute approximate surface area is 90.2 Å². The van der Waals surface area contributed by atoms with Crippen molar-refractivity contribution in [2.24, 2.45) is 0 Å². The van der Waals surface area contributed by atoms with Gasteiger partial charge in [0.1, 0.15) is 0 Å². The van der Waals surface area contributed by atoms with Crippen LogP contribution in [-0.4, -0.2) is 49.5 Å². The summed E-state index contributed by atoms with van der Waals surface area (Å²) in [6.45, 7) is 2.89. The van der Waals surface area contributed by atoms with Crippen molar-refractivity contribution in [1.29, 1.82) is 0 Å². The number of aliphatic hydroxyl groups is 1. The fourth-order valence-corrected chi connectivity index (χ4v) is 1.58. The van der Waals surface area contributed by atoms with E-state index in [2.05, 4.69) is 10.6 Å². The highest BCUT2D eigenvalue weighted by molar-refractivity contribution is 5.81. The molecule has 0 saturated heterocycles. The number of aliphatic hydroxyl groups excluding tert-OH is 1. The van der Waals surface area contributed by atoms with Crippen molar-refractivity contribution in [3.63, 3.8) is 0 Å². The number of hydrogen-bond donors (Lipinski definition) is 3. The smallest absolute Gasteiger partial charge is 0.236 e. The molecule has 1 saturated carbocycles. The molecule has 0 radical (unpaired) electrons. The zero-order valence-corrected chi connectivity index (χ0v) is 9.32. The molecule has 0 bridgehead atoms. The summed E-state index contributed by atoms with van der Waals surface area (Å²) < 4.78 is 4.83. The number of carbonyl (C=O) groups is 1. The monoisotopic (exact) mass is 216 g/mol. The second-order valence-corrected chi connectivity index (χ2v) is 3.99. The van der Waals surface area contributed by atoms with Gasteiger partial charge in [-0.1, -0.05) is 0 Å². The summed E-state index contributed by atoms with van der Waals surface area (Å²) in [5.41, 5.74) is 0. The first kappa shape index (κ1) is 12.4. The van der Waals surface area contributed by atoms with Crippen molar-refractivity contribution in [2.75, 3.05) is 20.3 Å². The van der Waals surface area contributed by atoms with Gasteiger partial charge in [0.2, 0.25) is 5.91 Å². The lowest BCUT2D eigenvalue weighted by Crippen LogP contribution is -2.52. The average molecular weight is 216 g/mol. The minimum Gasteiger partial charge on any atom is -0.393 e. The van der Waals surface area contributed by atoms with Crippen molar-refractivity contribution in [3.8, 4) is 0 Å². The number of methoxy groups -OCH3 is 1. The van der Waals surface area contributed by atoms with Crippen molar-refractivity contribution >= 4 is 5.91 Å². The van der Waals surface area contributed by atoms with Gasteiger partial charge in [-0.3, -0.25) is 4.79 Å². The first-order chi connectivity index (χ1) is 7.13. The summed E-state index contributed by atoms with van der Waals surface area (Å²) in [6.07, 6.45) is 1.30. The minimum absolute atomic E-state index is 0.0200. The zero-order chi connectivity index (χ0) is 11.3. The molecule has 15 heavy (non-hydrogen) atoms. The molecule has 1 fully saturated rings. The van der Waals surface area contributed by atoms with Crippen molar-refractivity contribution in [2.45, 2.75) is 38.0 Å². The fourth-order valence-electron chi connectivity index (χ4n) is 1.58. The molecule has 1 rings (SSSR count). The van der Waals surface area contributed by atoms with Crippen molar-refractivity contribution in [3.05, 3.63) is 0 Å². The molecule has 0 heterocycles. The van der Waals surface area contributed by atoms with Crippen LogP contribution in [-0.2, 0) is 9.53 Å². The van der Waals surface area contributed by atoms with Crippen LogP contribution in [0.5, 0.6) is 0 Å². The second-order valence-electron chi connectivity index (χ2n) is 3.99. The Morgan fingerprint density at radius 3 is 2.80 bits per heavy atom. The van der Waals surface area contributed by atoms with Gasteiger partial charge in [0.25, 0.3) is 0 Å². The first-order valence-electron chi connectivity index (χ1n) is 5.34. The van der Waals surface area contributed by atoms with Gasteiger partial charge >= 0.3 is 0 Å². The summed E-state index contributed by atoms with van der Waals surface area (Å²) in [4.78, 5) is 11.5. The molecule has 88 valence electrons. The van der Waals surface area contributed by atoms with Crippen LogP contribution in [0.1, 0.15) is 19.8 Å². The number of hydrogen-bond acceptors (Lipinski definition) is 4. The van der Waals surface area contributed by atoms with E-state index in [-0.39, 0.29) is 24.1 Å². The maximum Gasteiger partial charge on any atom is 0.236 e. The highest BCUT2D eigenvalue weighted by Crippen LogP contribution is 2.19. The first-order valence-corrected chi connectivity index (χ1v) is 5.34. The molecule has 0 aromatic heterocycles. The molecule has 3 N–H and O–H groups in total. The molecule has 1 amide bonds. The third-order valence-electron chi connectivity index (χ3n) is 2.60. The molecule has 1 aliphatic carbocycles. The van der Waals surface area contributed by atoms with E-state index in [9.17, 15) is 4.79 Å². The molecular formula is C10H20N2O3. The largest absolute Gasteiger partial charge is 0.393 e. The Hall–Kier alpha value is -0.650. The molecule has 1 aliphatic rings. The summed E-state index contributed by atoms with van der Waals surface area (Å²) >= 11 is 0. The Kier molecular flexibility index (Phi) is 5.01. The number of carbonyl (C=O) groups excluding carboxylic acids is 1. The van der Waals surface area contributed by atoms with E-state index >= 15 is 0 Å². The summed E-state index contributed by atoms with van der Waals surface area (Å²) in [5.74, 6) is -0.0200. The molecule has 0 aliphatic heterocycles. The van der Waals surface area contributed by atoms with Crippen LogP contribution in [0, 0.1) is 0 Å². The van der Waals surface area contributed by atoms with E-state index in [0.29, 0.717) is 13.2 Å². The lowest BCUT2D eigenvalue weighted by atomic mass is 9.89. The molecule has 0 aromatic rings. The van der Waals surface area contributed by atoms with Crippen LogP contribution >= 0.6 is 0 Å². The van der Waals surface area contributed by atoms with Gasteiger partial charge in [0.15, 0.2) is 0 Å². The Morgan fingerprint density at radius 2 is 2.27 bits per heavy atom. The summed E-state index contributed by atoms with van der Waals surface area (Å²) in [7, 11) is 1.60. The van der Waals surface area contributed by atoms with Crippen LogP contribution in [0.2, 0.25) is 0 Å². The molecule has 1 atom stereocenters. The van der Waals surface area contributed by atoms with E-state index in [1.165, 1.54) is 0 Å². The normalized spacial score (nSPS) is 26.9. The van der Waals surface area contributed by atoms with Gasteiger partial charge in [0.05, 0.1) is 18.8 Å². The van der Waals surface area contributed by atoms with E-state index in [4.69, 9.17) is 9.84 Å². The van der Waals surface area contributed by atoms with Gasteiger partial charge in [-0.15, -0.1) is 0 Å². The van der Waals surface area contributed by atoms with Crippen LogP contribution < -0.4 is 10.6 Å². The quantitative estimate of drug-likeness (QED) is 0.511. The third kappa shape index (κ3) is 4.15. The number of nitrogens with one attached hydrogen (secondary N) is 2. The van der Waals surface area contributed by atoms with Gasteiger partial charge < -0.3 is 20.5 Å². The average Bonchev–Trinajstić information content (AvgIpc) is 2.15. The van der Waals surface area contributed by atoms with E-state index in [1.54, 1.807) is 7.11 Å². The van der Waals surface area contributed by atoms with Gasteiger partial charge in [-0.2, -0.15) is 0 Å². The highest BCUT2D eigenvalue weighted by atomic mass is 16.5. The zero-order valence-electron chi connectivity index (χ0n) is 9.32. The molecule has 0 spiro atoms. The minimum atomic E-state index is -0.209. The third-order valence-corrected chi connectivity index (χ3v) is 2.60. The SMILES string of the molecule is COCCNC(=O)C(C)NC1CC(O)C1. The highest BCUT2D eigenvalue weighted by Gasteiger charge is 2.29. The van der Waals surface area contributed by atoms with Gasteiger partial charge in [-0.25, -0.2) is 0 Å². The molecule has 0 aromatic carbocycles. The Balaban J connectivity index is 2.10. The van der Waals surface area contributed by atoms with Crippen LogP contribution in [0.15, 0.2) is 0 Å². The van der Waals surface area contributed by atoms with Crippen LogP contribution in [0.25, 0.3) is 0 Å². The fraction of sp³-hybridized carbons (Fsp3) is 0.900. The molecule has 1 unspecified atom stereocenters. The Bertz CT molecular complexity index is 205. The predicted octanol–water partition coefficient (Wildman–Crippen LogP) is -0.750. The Morgan fingerprint density at radius 1 is 1.60 bits per heavy atom. The topological polar surface area (TPSA) is 70.6 Å². The maximum atomic E-state index is 11.5. The summed E-state index contributed by atoms with van der Waals surface area (Å²) in [5, 5.41) is 15.0. The van der Waals surface area contributed by atoms with Crippen LogP contribution in [0.3, 0.4) is 0 Å². The molecule has 5 heteroatoms. The van der Waals surface area contributed by atoms with E-state index < -0.39 is 0 Å². The molecule has 5 nitrogen and oxygen atoms in total. The lowest BCUT2D eigenvalue weighted by molar-refractivity contribution is -0.123. The standard InChI is InChI=1S/C10H20N2O3/c1-7(10(14)11-3-4-15-2)12-8-5-9(13)6-8/h7-9,12-13H,3-6H2,1-2H3,(H,11,14). The van der Waals surface area contributed by atoms with E-state index in [1.807, 2.05) is 6.92 Å².